The summed E-state index contributed by atoms with van der Waals surface area (Å²) in [6, 6.07) is 10.0. The molecule has 0 aromatic heterocycles. The van der Waals surface area contributed by atoms with Gasteiger partial charge in [-0.3, -0.25) is 0 Å². The first-order valence-electron chi connectivity index (χ1n) is 5.71. The predicted octanol–water partition coefficient (Wildman–Crippen LogP) is 3.97. The third kappa shape index (κ3) is 3.26. The molecule has 20 heavy (non-hydrogen) atoms. The minimum Gasteiger partial charge on any atom is -0.494 e. The van der Waals surface area contributed by atoms with Gasteiger partial charge in [-0.05, 0) is 46.3 Å². The molecule has 0 unspecified atom stereocenters. The predicted molar refractivity (Wildman–Crippen MR) is 86.3 cm³/mol. The molecule has 0 aliphatic carbocycles. The smallest absolute Gasteiger partial charge is 0.165 e. The number of ether oxygens (including phenoxy) is 1. The van der Waals surface area contributed by atoms with E-state index < -0.39 is 5.82 Å². The van der Waals surface area contributed by atoms with Gasteiger partial charge in [-0.25, -0.2) is 4.39 Å². The number of methoxy groups -OCH3 is 1. The fourth-order valence-corrected chi connectivity index (χ4v) is 2.27. The molecule has 0 amide bonds. The summed E-state index contributed by atoms with van der Waals surface area (Å²) in [5.41, 5.74) is 7.88. The molecule has 2 aromatic rings. The number of nitrogens with one attached hydrogen (secondary N) is 1. The van der Waals surface area contributed by atoms with Crippen LogP contribution in [0.25, 0.3) is 0 Å². The van der Waals surface area contributed by atoms with Crippen molar-refractivity contribution in [2.24, 2.45) is 5.73 Å². The van der Waals surface area contributed by atoms with Crippen molar-refractivity contribution in [2.75, 3.05) is 12.4 Å². The lowest BCUT2D eigenvalue weighted by Crippen LogP contribution is -2.09. The van der Waals surface area contributed by atoms with Crippen molar-refractivity contribution in [3.05, 3.63) is 52.3 Å². The zero-order valence-corrected chi connectivity index (χ0v) is 13.0. The normalized spacial score (nSPS) is 10.2. The van der Waals surface area contributed by atoms with Crippen LogP contribution in [0.4, 0.5) is 15.8 Å². The van der Waals surface area contributed by atoms with Crippen LogP contribution in [0.15, 0.2) is 40.9 Å². The van der Waals surface area contributed by atoms with Crippen molar-refractivity contribution in [1.29, 1.82) is 0 Å². The molecule has 3 nitrogen and oxygen atoms in total. The highest BCUT2D eigenvalue weighted by Crippen LogP contribution is 2.29. The van der Waals surface area contributed by atoms with Crippen LogP contribution in [0, 0.1) is 5.82 Å². The maximum Gasteiger partial charge on any atom is 0.165 e. The molecule has 0 spiro atoms. The summed E-state index contributed by atoms with van der Waals surface area (Å²) in [4.78, 5) is 0.334. The highest BCUT2D eigenvalue weighted by molar-refractivity contribution is 9.10. The molecule has 0 atom stereocenters. The van der Waals surface area contributed by atoms with Crippen LogP contribution in [-0.4, -0.2) is 12.1 Å². The Labute approximate surface area is 130 Å². The zero-order chi connectivity index (χ0) is 14.7. The summed E-state index contributed by atoms with van der Waals surface area (Å²) in [6.45, 7) is 0. The summed E-state index contributed by atoms with van der Waals surface area (Å²) in [5, 5.41) is 3.16. The van der Waals surface area contributed by atoms with E-state index in [9.17, 15) is 4.39 Å². The number of halogens is 2. The summed E-state index contributed by atoms with van der Waals surface area (Å²) in [7, 11) is 1.43. The molecule has 0 saturated heterocycles. The van der Waals surface area contributed by atoms with Crippen molar-refractivity contribution in [3.8, 4) is 5.75 Å². The number of hydrogen-bond acceptors (Lipinski definition) is 3. The van der Waals surface area contributed by atoms with Crippen LogP contribution in [0.3, 0.4) is 0 Å². The fraction of sp³-hybridized carbons (Fsp3) is 0.0714. The molecule has 6 heteroatoms. The third-order valence-corrected chi connectivity index (χ3v) is 3.58. The van der Waals surface area contributed by atoms with Crippen LogP contribution in [0.2, 0.25) is 0 Å². The van der Waals surface area contributed by atoms with Crippen molar-refractivity contribution >= 4 is 44.5 Å². The summed E-state index contributed by atoms with van der Waals surface area (Å²) in [6.07, 6.45) is 0. The molecule has 0 radical (unpaired) electrons. The highest BCUT2D eigenvalue weighted by Gasteiger charge is 2.07. The zero-order valence-electron chi connectivity index (χ0n) is 10.6. The number of anilines is 2. The Morgan fingerprint density at radius 1 is 1.30 bits per heavy atom. The van der Waals surface area contributed by atoms with E-state index in [4.69, 9.17) is 22.7 Å². The van der Waals surface area contributed by atoms with Crippen LogP contribution in [0.5, 0.6) is 5.75 Å². The molecule has 0 saturated carbocycles. The van der Waals surface area contributed by atoms with Crippen molar-refractivity contribution in [2.45, 2.75) is 0 Å². The van der Waals surface area contributed by atoms with Crippen LogP contribution < -0.4 is 15.8 Å². The molecule has 0 fully saturated rings. The molecule has 0 bridgehead atoms. The Morgan fingerprint density at radius 3 is 2.65 bits per heavy atom. The van der Waals surface area contributed by atoms with Gasteiger partial charge < -0.3 is 15.8 Å². The Morgan fingerprint density at radius 2 is 2.05 bits per heavy atom. The Kier molecular flexibility index (Phi) is 4.57. The van der Waals surface area contributed by atoms with Gasteiger partial charge >= 0.3 is 0 Å². The Bertz CT molecular complexity index is 664. The van der Waals surface area contributed by atoms with E-state index in [0.717, 1.165) is 15.7 Å². The van der Waals surface area contributed by atoms with E-state index in [-0.39, 0.29) is 5.75 Å². The number of hydrogen-bond donors (Lipinski definition) is 2. The number of thiocarbonyl (C=S) groups is 1. The van der Waals surface area contributed by atoms with Gasteiger partial charge in [0.25, 0.3) is 0 Å². The van der Waals surface area contributed by atoms with Gasteiger partial charge in [0, 0.05) is 21.8 Å². The quantitative estimate of drug-likeness (QED) is 0.815. The molecular formula is C14H12BrFN2OS. The first-order valence-corrected chi connectivity index (χ1v) is 6.91. The summed E-state index contributed by atoms with van der Waals surface area (Å²) >= 11 is 8.36. The van der Waals surface area contributed by atoms with E-state index in [1.165, 1.54) is 13.2 Å². The van der Waals surface area contributed by atoms with Gasteiger partial charge in [-0.15, -0.1) is 0 Å². The van der Waals surface area contributed by atoms with Crippen LogP contribution >= 0.6 is 28.1 Å². The number of nitrogens with two attached hydrogens (primary N) is 1. The molecule has 3 N–H and O–H groups in total. The maximum atomic E-state index is 13.3. The second-order valence-corrected chi connectivity index (χ2v) is 5.33. The molecule has 104 valence electrons. The minimum absolute atomic E-state index is 0.186. The molecular weight excluding hydrogens is 343 g/mol. The van der Waals surface area contributed by atoms with E-state index in [1.54, 1.807) is 12.1 Å². The van der Waals surface area contributed by atoms with Crippen molar-refractivity contribution < 1.29 is 9.13 Å². The highest BCUT2D eigenvalue weighted by atomic mass is 79.9. The molecule has 2 aromatic carbocycles. The Balaban J connectivity index is 2.28. The van der Waals surface area contributed by atoms with E-state index in [0.29, 0.717) is 10.7 Å². The lowest BCUT2D eigenvalue weighted by atomic mass is 10.2. The van der Waals surface area contributed by atoms with Gasteiger partial charge in [-0.2, -0.15) is 0 Å². The second-order valence-electron chi connectivity index (χ2n) is 4.03. The second kappa shape index (κ2) is 6.19. The first kappa shape index (κ1) is 14.7. The molecule has 0 heterocycles. The Hall–Kier alpha value is -1.66. The molecule has 2 rings (SSSR count). The minimum atomic E-state index is -0.402. The van der Waals surface area contributed by atoms with E-state index >= 15 is 0 Å². The topological polar surface area (TPSA) is 47.3 Å². The van der Waals surface area contributed by atoms with Crippen LogP contribution in [-0.2, 0) is 0 Å². The largest absolute Gasteiger partial charge is 0.494 e. The average Bonchev–Trinajstić information content (AvgIpc) is 2.42. The van der Waals surface area contributed by atoms with E-state index in [1.807, 2.05) is 18.2 Å². The van der Waals surface area contributed by atoms with Gasteiger partial charge in [0.2, 0.25) is 0 Å². The van der Waals surface area contributed by atoms with Crippen molar-refractivity contribution in [1.82, 2.24) is 0 Å². The number of rotatable bonds is 4. The van der Waals surface area contributed by atoms with Gasteiger partial charge in [-0.1, -0.05) is 12.2 Å². The van der Waals surface area contributed by atoms with Crippen molar-refractivity contribution in [3.63, 3.8) is 0 Å². The SMILES string of the molecule is COc1cc(Nc2ccc(C(N)=S)cc2Br)ccc1F. The molecule has 0 aliphatic heterocycles. The van der Waals surface area contributed by atoms with Gasteiger partial charge in [0.15, 0.2) is 11.6 Å². The average molecular weight is 355 g/mol. The van der Waals surface area contributed by atoms with Gasteiger partial charge in [0.1, 0.15) is 4.99 Å². The maximum absolute atomic E-state index is 13.3. The van der Waals surface area contributed by atoms with Gasteiger partial charge in [0.05, 0.1) is 12.8 Å². The lowest BCUT2D eigenvalue weighted by Gasteiger charge is -2.11. The number of benzene rings is 2. The lowest BCUT2D eigenvalue weighted by molar-refractivity contribution is 0.387. The third-order valence-electron chi connectivity index (χ3n) is 2.68. The summed E-state index contributed by atoms with van der Waals surface area (Å²) in [5.74, 6) is -0.216. The standard InChI is InChI=1S/C14H12BrFN2OS/c1-19-13-7-9(3-4-11(13)16)18-12-5-2-8(14(17)20)6-10(12)15/h2-7,18H,1H3,(H2,17,20). The monoisotopic (exact) mass is 354 g/mol. The molecule has 0 aliphatic rings. The first-order chi connectivity index (χ1) is 9.51. The fourth-order valence-electron chi connectivity index (χ4n) is 1.66. The van der Waals surface area contributed by atoms with Crippen LogP contribution in [0.1, 0.15) is 5.56 Å². The summed E-state index contributed by atoms with van der Waals surface area (Å²) < 4.78 is 19.1. The van der Waals surface area contributed by atoms with E-state index in [2.05, 4.69) is 21.2 Å².